The molecule has 2 heterocycles. The first-order valence-electron chi connectivity index (χ1n) is 9.70. The second-order valence-corrected chi connectivity index (χ2v) is 8.47. The molecule has 1 aliphatic heterocycles. The number of imide groups is 1. The summed E-state index contributed by atoms with van der Waals surface area (Å²) < 4.78 is 1.00. The average Bonchev–Trinajstić information content (AvgIpc) is 3.26. The van der Waals surface area contributed by atoms with Crippen LogP contribution in [0, 0.1) is 11.8 Å². The third kappa shape index (κ3) is 3.11. The first kappa shape index (κ1) is 18.0. The number of anilines is 1. The van der Waals surface area contributed by atoms with Crippen LogP contribution >= 0.6 is 11.3 Å². The number of amides is 3. The van der Waals surface area contributed by atoms with E-state index < -0.39 is 0 Å². The summed E-state index contributed by atoms with van der Waals surface area (Å²) in [4.78, 5) is 43.3. The van der Waals surface area contributed by atoms with Gasteiger partial charge >= 0.3 is 0 Å². The molecule has 2 aliphatic rings. The number of carbonyl (C=O) groups excluding carboxylic acids is 3. The molecule has 0 unspecified atom stereocenters. The highest BCUT2D eigenvalue weighted by atomic mass is 32.1. The zero-order valence-corrected chi connectivity index (χ0v) is 16.4. The van der Waals surface area contributed by atoms with E-state index in [1.807, 2.05) is 48.6 Å². The fourth-order valence-electron chi connectivity index (χ4n) is 4.20. The molecule has 2 atom stereocenters. The molecule has 5 rings (SSSR count). The van der Waals surface area contributed by atoms with E-state index in [1.54, 1.807) is 0 Å². The number of nitrogens with one attached hydrogen (secondary N) is 1. The number of fused-ring (bicyclic) bond motifs is 4. The number of likely N-dealkylation sites (tertiary alicyclic amines) is 1. The summed E-state index contributed by atoms with van der Waals surface area (Å²) in [5.41, 5.74) is 0.866. The lowest BCUT2D eigenvalue weighted by atomic mass is 9.85. The first-order valence-corrected chi connectivity index (χ1v) is 10.5. The van der Waals surface area contributed by atoms with Gasteiger partial charge in [-0.25, -0.2) is 4.98 Å². The zero-order chi connectivity index (χ0) is 20.0. The summed E-state index contributed by atoms with van der Waals surface area (Å²) in [6.45, 7) is 0.115. The van der Waals surface area contributed by atoms with Crippen molar-refractivity contribution < 1.29 is 14.4 Å². The number of benzene rings is 2. The van der Waals surface area contributed by atoms with Gasteiger partial charge in [-0.1, -0.05) is 53.8 Å². The third-order valence-corrected chi connectivity index (χ3v) is 6.63. The van der Waals surface area contributed by atoms with Gasteiger partial charge in [0.05, 0.1) is 22.1 Å². The number of hydrogen-bond donors (Lipinski definition) is 1. The first-order chi connectivity index (χ1) is 14.1. The third-order valence-electron chi connectivity index (χ3n) is 5.69. The van der Waals surface area contributed by atoms with E-state index in [-0.39, 0.29) is 42.5 Å². The maximum absolute atomic E-state index is 12.5. The number of hydrogen-bond acceptors (Lipinski definition) is 5. The van der Waals surface area contributed by atoms with Gasteiger partial charge in [0.15, 0.2) is 5.13 Å². The van der Waals surface area contributed by atoms with Crippen LogP contribution in [-0.2, 0) is 14.4 Å². The van der Waals surface area contributed by atoms with E-state index in [0.717, 1.165) is 21.0 Å². The van der Waals surface area contributed by atoms with Crippen molar-refractivity contribution in [2.75, 3.05) is 11.9 Å². The topological polar surface area (TPSA) is 79.4 Å². The highest BCUT2D eigenvalue weighted by Crippen LogP contribution is 2.35. The molecule has 2 aromatic carbocycles. The van der Waals surface area contributed by atoms with Crippen molar-refractivity contribution in [1.29, 1.82) is 0 Å². The average molecular weight is 405 g/mol. The van der Waals surface area contributed by atoms with Gasteiger partial charge in [0.2, 0.25) is 17.7 Å². The normalized spacial score (nSPS) is 21.2. The summed E-state index contributed by atoms with van der Waals surface area (Å²) in [6, 6.07) is 12.0. The van der Waals surface area contributed by atoms with E-state index in [1.165, 1.54) is 16.2 Å². The Kier molecular flexibility index (Phi) is 4.39. The maximum Gasteiger partial charge on any atom is 0.233 e. The smallest absolute Gasteiger partial charge is 0.233 e. The largest absolute Gasteiger partial charge is 0.302 e. The van der Waals surface area contributed by atoms with Crippen molar-refractivity contribution in [3.8, 4) is 0 Å². The van der Waals surface area contributed by atoms with Crippen LogP contribution < -0.4 is 5.32 Å². The molecule has 1 N–H and O–H groups in total. The Bertz CT molecular complexity index is 1160. The molecule has 3 aromatic rings. The van der Waals surface area contributed by atoms with Gasteiger partial charge in [-0.15, -0.1) is 0 Å². The molecule has 0 saturated carbocycles. The van der Waals surface area contributed by atoms with Crippen LogP contribution in [0.5, 0.6) is 0 Å². The van der Waals surface area contributed by atoms with Gasteiger partial charge < -0.3 is 5.32 Å². The summed E-state index contributed by atoms with van der Waals surface area (Å²) in [5.74, 6) is -1.06. The minimum Gasteiger partial charge on any atom is -0.302 e. The molecule has 1 fully saturated rings. The molecule has 1 aromatic heterocycles. The van der Waals surface area contributed by atoms with E-state index in [9.17, 15) is 14.4 Å². The fourth-order valence-corrected chi connectivity index (χ4v) is 5.10. The van der Waals surface area contributed by atoms with Crippen LogP contribution in [-0.4, -0.2) is 34.2 Å². The molecule has 0 spiro atoms. The Morgan fingerprint density at radius 3 is 2.55 bits per heavy atom. The van der Waals surface area contributed by atoms with Crippen LogP contribution in [0.15, 0.2) is 48.6 Å². The molecular weight excluding hydrogens is 386 g/mol. The van der Waals surface area contributed by atoms with Gasteiger partial charge in [0.25, 0.3) is 0 Å². The Balaban J connectivity index is 1.27. The van der Waals surface area contributed by atoms with Crippen molar-refractivity contribution in [2.24, 2.45) is 11.8 Å². The maximum atomic E-state index is 12.5. The molecule has 1 aliphatic carbocycles. The van der Waals surface area contributed by atoms with Crippen molar-refractivity contribution in [2.45, 2.75) is 19.3 Å². The SMILES string of the molecule is O=C(CCN1C(=O)[C@@H]2CC=CC[C@H]2C1=O)Nc1nc2c(ccc3ccccc32)s1. The summed E-state index contributed by atoms with van der Waals surface area (Å²) >= 11 is 1.42. The highest BCUT2D eigenvalue weighted by Gasteiger charge is 2.46. The molecule has 0 radical (unpaired) electrons. The van der Waals surface area contributed by atoms with Gasteiger partial charge in [0.1, 0.15) is 0 Å². The Morgan fingerprint density at radius 2 is 1.79 bits per heavy atom. The Labute approximate surface area is 171 Å². The lowest BCUT2D eigenvalue weighted by molar-refractivity contribution is -0.140. The number of thiazole rings is 1. The van der Waals surface area contributed by atoms with Crippen LogP contribution in [0.4, 0.5) is 5.13 Å². The number of rotatable bonds is 4. The van der Waals surface area contributed by atoms with Crippen molar-refractivity contribution >= 4 is 55.2 Å². The predicted octanol–water partition coefficient (Wildman–Crippen LogP) is 3.73. The van der Waals surface area contributed by atoms with Crippen LogP contribution in [0.25, 0.3) is 21.0 Å². The summed E-state index contributed by atoms with van der Waals surface area (Å²) in [6.07, 6.45) is 5.20. The van der Waals surface area contributed by atoms with Crippen molar-refractivity contribution in [3.63, 3.8) is 0 Å². The molecule has 7 heteroatoms. The summed E-state index contributed by atoms with van der Waals surface area (Å²) in [5, 5.41) is 5.49. The van der Waals surface area contributed by atoms with Crippen LogP contribution in [0.2, 0.25) is 0 Å². The van der Waals surface area contributed by atoms with Crippen molar-refractivity contribution in [1.82, 2.24) is 9.88 Å². The molecular formula is C22H19N3O3S. The molecule has 1 saturated heterocycles. The number of allylic oxidation sites excluding steroid dienone is 2. The lowest BCUT2D eigenvalue weighted by Crippen LogP contribution is -2.34. The van der Waals surface area contributed by atoms with E-state index in [0.29, 0.717) is 18.0 Å². The monoisotopic (exact) mass is 405 g/mol. The van der Waals surface area contributed by atoms with E-state index >= 15 is 0 Å². The van der Waals surface area contributed by atoms with Crippen molar-refractivity contribution in [3.05, 3.63) is 48.6 Å². The standard InChI is InChI=1S/C22H19N3O3S/c26-18(11-12-25-20(27)15-7-3-4-8-16(15)21(25)28)23-22-24-19-14-6-2-1-5-13(14)9-10-17(19)29-22/h1-6,9-10,15-16H,7-8,11-12H2,(H,23,24,26)/t15-,16-/m1/s1. The minimum absolute atomic E-state index is 0.0705. The zero-order valence-electron chi connectivity index (χ0n) is 15.6. The molecule has 6 nitrogen and oxygen atoms in total. The molecule has 146 valence electrons. The lowest BCUT2D eigenvalue weighted by Gasteiger charge is -2.14. The van der Waals surface area contributed by atoms with Crippen LogP contribution in [0.1, 0.15) is 19.3 Å². The second-order valence-electron chi connectivity index (χ2n) is 7.43. The molecule has 3 amide bonds. The molecule has 29 heavy (non-hydrogen) atoms. The number of aromatic nitrogens is 1. The second kappa shape index (κ2) is 7.08. The van der Waals surface area contributed by atoms with Gasteiger partial charge in [-0.2, -0.15) is 0 Å². The minimum atomic E-state index is -0.256. The van der Waals surface area contributed by atoms with E-state index in [4.69, 9.17) is 0 Å². The van der Waals surface area contributed by atoms with Gasteiger partial charge in [-0.05, 0) is 24.3 Å². The predicted molar refractivity (Wildman–Crippen MR) is 112 cm³/mol. The van der Waals surface area contributed by atoms with E-state index in [2.05, 4.69) is 10.3 Å². The summed E-state index contributed by atoms with van der Waals surface area (Å²) in [7, 11) is 0. The fraction of sp³-hybridized carbons (Fsp3) is 0.273. The van der Waals surface area contributed by atoms with Crippen LogP contribution in [0.3, 0.4) is 0 Å². The Morgan fingerprint density at radius 1 is 1.07 bits per heavy atom. The van der Waals surface area contributed by atoms with Gasteiger partial charge in [0, 0.05) is 18.4 Å². The molecule has 0 bridgehead atoms. The number of nitrogens with zero attached hydrogens (tertiary/aromatic N) is 2. The van der Waals surface area contributed by atoms with Gasteiger partial charge in [-0.3, -0.25) is 19.3 Å². The highest BCUT2D eigenvalue weighted by molar-refractivity contribution is 7.22. The number of carbonyl (C=O) groups is 3. The quantitative estimate of drug-likeness (QED) is 0.530. The Hall–Kier alpha value is -3.06.